The van der Waals surface area contributed by atoms with Gasteiger partial charge in [0.2, 0.25) is 0 Å². The van der Waals surface area contributed by atoms with Crippen LogP contribution in [0.5, 0.6) is 0 Å². The second-order valence-electron chi connectivity index (χ2n) is 5.56. The highest BCUT2D eigenvalue weighted by molar-refractivity contribution is 9.10. The molecule has 0 amide bonds. The molecule has 0 aromatic heterocycles. The maximum atomic E-state index is 3.64. The van der Waals surface area contributed by atoms with Gasteiger partial charge < -0.3 is 5.32 Å². The lowest BCUT2D eigenvalue weighted by molar-refractivity contribution is 0.334. The predicted octanol–water partition coefficient (Wildman–Crippen LogP) is 4.82. The van der Waals surface area contributed by atoms with E-state index in [0.29, 0.717) is 0 Å². The van der Waals surface area contributed by atoms with Gasteiger partial charge >= 0.3 is 0 Å². The molecule has 100 valence electrons. The summed E-state index contributed by atoms with van der Waals surface area (Å²) < 4.78 is 1.23. The van der Waals surface area contributed by atoms with Crippen molar-refractivity contribution in [2.24, 2.45) is 5.92 Å². The maximum Gasteiger partial charge on any atom is 0.0222 e. The maximum absolute atomic E-state index is 3.64. The number of rotatable bonds is 5. The minimum absolute atomic E-state index is 0.979. The quantitative estimate of drug-likeness (QED) is 0.769. The summed E-state index contributed by atoms with van der Waals surface area (Å²) in [4.78, 5) is 0. The Kier molecular flexibility index (Phi) is 5.71. The third-order valence-corrected chi connectivity index (χ3v) is 4.72. The lowest BCUT2D eigenvalue weighted by Crippen LogP contribution is -2.19. The van der Waals surface area contributed by atoms with Crippen LogP contribution >= 0.6 is 15.9 Å². The number of nitrogens with one attached hydrogen (secondary N) is 1. The van der Waals surface area contributed by atoms with Crippen LogP contribution in [0.15, 0.2) is 22.7 Å². The number of aryl methyl sites for hydroxylation is 1. The number of benzene rings is 1. The molecule has 0 spiro atoms. The smallest absolute Gasteiger partial charge is 0.0222 e. The highest BCUT2D eigenvalue weighted by atomic mass is 79.9. The molecule has 2 rings (SSSR count). The molecule has 1 N–H and O–H groups in total. The summed E-state index contributed by atoms with van der Waals surface area (Å²) in [5, 5.41) is 3.58. The van der Waals surface area contributed by atoms with E-state index in [1.165, 1.54) is 54.1 Å². The molecule has 18 heavy (non-hydrogen) atoms. The second kappa shape index (κ2) is 7.30. The van der Waals surface area contributed by atoms with E-state index in [4.69, 9.17) is 0 Å². The van der Waals surface area contributed by atoms with E-state index in [0.717, 1.165) is 19.0 Å². The van der Waals surface area contributed by atoms with Crippen molar-refractivity contribution >= 4 is 15.9 Å². The average molecular weight is 310 g/mol. The van der Waals surface area contributed by atoms with E-state index in [1.807, 2.05) is 0 Å². The molecular formula is C16H24BrN. The molecule has 1 saturated carbocycles. The van der Waals surface area contributed by atoms with E-state index in [-0.39, 0.29) is 0 Å². The van der Waals surface area contributed by atoms with Crippen molar-refractivity contribution < 1.29 is 0 Å². The van der Waals surface area contributed by atoms with Gasteiger partial charge in [0, 0.05) is 11.0 Å². The lowest BCUT2D eigenvalue weighted by atomic mass is 9.87. The molecule has 1 aromatic carbocycles. The van der Waals surface area contributed by atoms with Crippen LogP contribution in [0, 0.1) is 12.8 Å². The molecule has 0 radical (unpaired) electrons. The third-order valence-electron chi connectivity index (χ3n) is 3.98. The Bertz CT molecular complexity index is 369. The molecule has 2 heteroatoms. The summed E-state index contributed by atoms with van der Waals surface area (Å²) in [7, 11) is 0. The fourth-order valence-corrected chi connectivity index (χ4v) is 3.43. The second-order valence-corrected chi connectivity index (χ2v) is 6.42. The van der Waals surface area contributed by atoms with Gasteiger partial charge in [-0.1, -0.05) is 60.2 Å². The van der Waals surface area contributed by atoms with Gasteiger partial charge in [0.15, 0.2) is 0 Å². The van der Waals surface area contributed by atoms with Crippen molar-refractivity contribution in [1.82, 2.24) is 5.32 Å². The van der Waals surface area contributed by atoms with Crippen molar-refractivity contribution in [3.63, 3.8) is 0 Å². The van der Waals surface area contributed by atoms with E-state index in [1.54, 1.807) is 0 Å². The van der Waals surface area contributed by atoms with Gasteiger partial charge in [-0.2, -0.15) is 0 Å². The molecule has 1 aromatic rings. The van der Waals surface area contributed by atoms with Gasteiger partial charge in [0.1, 0.15) is 0 Å². The van der Waals surface area contributed by atoms with E-state index >= 15 is 0 Å². The molecule has 0 saturated heterocycles. The monoisotopic (exact) mass is 309 g/mol. The molecule has 0 bridgehead atoms. The largest absolute Gasteiger partial charge is 0.313 e. The summed E-state index contributed by atoms with van der Waals surface area (Å²) >= 11 is 3.64. The highest BCUT2D eigenvalue weighted by Gasteiger charge is 2.12. The van der Waals surface area contributed by atoms with E-state index in [9.17, 15) is 0 Å². The van der Waals surface area contributed by atoms with Crippen LogP contribution in [0.2, 0.25) is 0 Å². The van der Waals surface area contributed by atoms with Crippen molar-refractivity contribution in [3.05, 3.63) is 33.8 Å². The molecule has 1 fully saturated rings. The van der Waals surface area contributed by atoms with E-state index in [2.05, 4.69) is 46.4 Å². The van der Waals surface area contributed by atoms with Gasteiger partial charge in [0.05, 0.1) is 0 Å². The zero-order valence-corrected chi connectivity index (χ0v) is 12.9. The van der Waals surface area contributed by atoms with Gasteiger partial charge in [-0.3, -0.25) is 0 Å². The molecule has 1 aliphatic rings. The summed E-state index contributed by atoms with van der Waals surface area (Å²) in [6.07, 6.45) is 8.62. The molecule has 1 nitrogen and oxygen atoms in total. The van der Waals surface area contributed by atoms with Gasteiger partial charge in [-0.05, 0) is 43.0 Å². The minimum Gasteiger partial charge on any atom is -0.313 e. The molecular weight excluding hydrogens is 286 g/mol. The van der Waals surface area contributed by atoms with Crippen molar-refractivity contribution in [1.29, 1.82) is 0 Å². The predicted molar refractivity (Wildman–Crippen MR) is 81.8 cm³/mol. The van der Waals surface area contributed by atoms with Crippen molar-refractivity contribution in [2.45, 2.75) is 52.0 Å². The Labute approximate surface area is 119 Å². The SMILES string of the molecule is Cc1ccc(CNCCC2CCCCC2)c(Br)c1. The summed E-state index contributed by atoms with van der Waals surface area (Å²) in [5.74, 6) is 0.979. The molecule has 1 aliphatic carbocycles. The molecule has 0 unspecified atom stereocenters. The van der Waals surface area contributed by atoms with Crippen LogP contribution in [0.3, 0.4) is 0 Å². The van der Waals surface area contributed by atoms with Crippen LogP contribution in [0.4, 0.5) is 0 Å². The first-order valence-electron chi connectivity index (χ1n) is 7.21. The number of hydrogen-bond acceptors (Lipinski definition) is 1. The van der Waals surface area contributed by atoms with Gasteiger partial charge in [-0.25, -0.2) is 0 Å². The fourth-order valence-electron chi connectivity index (χ4n) is 2.80. The molecule has 0 heterocycles. The van der Waals surface area contributed by atoms with Crippen molar-refractivity contribution in [3.8, 4) is 0 Å². The third kappa shape index (κ3) is 4.40. The van der Waals surface area contributed by atoms with Crippen LogP contribution in [-0.4, -0.2) is 6.54 Å². The Morgan fingerprint density at radius 3 is 2.72 bits per heavy atom. The topological polar surface area (TPSA) is 12.0 Å². The zero-order valence-electron chi connectivity index (χ0n) is 11.3. The minimum atomic E-state index is 0.979. The van der Waals surface area contributed by atoms with Crippen LogP contribution in [0.25, 0.3) is 0 Å². The first-order chi connectivity index (χ1) is 8.75. The number of hydrogen-bond donors (Lipinski definition) is 1. The summed E-state index contributed by atoms with van der Waals surface area (Å²) in [6.45, 7) is 4.27. The van der Waals surface area contributed by atoms with Gasteiger partial charge in [0.25, 0.3) is 0 Å². The van der Waals surface area contributed by atoms with Crippen molar-refractivity contribution in [2.75, 3.05) is 6.54 Å². The van der Waals surface area contributed by atoms with E-state index < -0.39 is 0 Å². The summed E-state index contributed by atoms with van der Waals surface area (Å²) in [6, 6.07) is 6.59. The Morgan fingerprint density at radius 2 is 2.00 bits per heavy atom. The van der Waals surface area contributed by atoms with Crippen LogP contribution in [-0.2, 0) is 6.54 Å². The first kappa shape index (κ1) is 14.1. The number of halogens is 1. The average Bonchev–Trinajstić information content (AvgIpc) is 2.38. The normalized spacial score (nSPS) is 17.0. The Morgan fingerprint density at radius 1 is 1.22 bits per heavy atom. The fraction of sp³-hybridized carbons (Fsp3) is 0.625. The molecule has 0 atom stereocenters. The first-order valence-corrected chi connectivity index (χ1v) is 8.01. The Hall–Kier alpha value is -0.340. The Balaban J connectivity index is 1.68. The zero-order chi connectivity index (χ0) is 12.8. The van der Waals surface area contributed by atoms with Crippen LogP contribution in [0.1, 0.15) is 49.7 Å². The molecule has 0 aliphatic heterocycles. The van der Waals surface area contributed by atoms with Crippen LogP contribution < -0.4 is 5.32 Å². The summed E-state index contributed by atoms with van der Waals surface area (Å²) in [5.41, 5.74) is 2.68. The van der Waals surface area contributed by atoms with Gasteiger partial charge in [-0.15, -0.1) is 0 Å². The lowest BCUT2D eigenvalue weighted by Gasteiger charge is -2.21. The standard InChI is InChI=1S/C16H24BrN/c1-13-7-8-15(16(17)11-13)12-18-10-9-14-5-3-2-4-6-14/h7-8,11,14,18H,2-6,9-10,12H2,1H3. The highest BCUT2D eigenvalue weighted by Crippen LogP contribution is 2.25.